The Hall–Kier alpha value is -0.860. The molecule has 1 aromatic carbocycles. The first kappa shape index (κ1) is 13.2. The lowest BCUT2D eigenvalue weighted by Gasteiger charge is -2.16. The second kappa shape index (κ2) is 6.66. The summed E-state index contributed by atoms with van der Waals surface area (Å²) in [7, 11) is 1.79. The lowest BCUT2D eigenvalue weighted by atomic mass is 9.99. The summed E-state index contributed by atoms with van der Waals surface area (Å²) in [5.74, 6) is 0.206. The first-order valence-electron chi connectivity index (χ1n) is 5.65. The third-order valence-electron chi connectivity index (χ3n) is 2.60. The second-order valence-electron chi connectivity index (χ2n) is 3.81. The van der Waals surface area contributed by atoms with Crippen molar-refractivity contribution in [1.82, 2.24) is 5.32 Å². The largest absolute Gasteiger partial charge is 0.307 e. The minimum Gasteiger partial charge on any atom is -0.307 e. The van der Waals surface area contributed by atoms with Crippen LogP contribution in [0.1, 0.15) is 37.8 Å². The molecule has 1 atom stereocenters. The second-order valence-corrected chi connectivity index (χ2v) is 4.22. The number of likely N-dealkylation sites (N-methyl/N-ethyl adjacent to an activating group) is 1. The molecule has 88 valence electrons. The van der Waals surface area contributed by atoms with Gasteiger partial charge in [-0.25, -0.2) is 0 Å². The van der Waals surface area contributed by atoms with Crippen molar-refractivity contribution >= 4 is 17.4 Å². The maximum Gasteiger partial charge on any atom is 0.154 e. The smallest absolute Gasteiger partial charge is 0.154 e. The topological polar surface area (TPSA) is 29.1 Å². The van der Waals surface area contributed by atoms with Crippen LogP contribution in [0.2, 0.25) is 5.02 Å². The van der Waals surface area contributed by atoms with Gasteiger partial charge in [0.1, 0.15) is 0 Å². The first-order chi connectivity index (χ1) is 7.70. The van der Waals surface area contributed by atoms with Crippen LogP contribution in [-0.4, -0.2) is 12.8 Å². The van der Waals surface area contributed by atoms with Crippen LogP contribution in [0.3, 0.4) is 0 Å². The molecule has 0 aliphatic rings. The number of hydrogen-bond acceptors (Lipinski definition) is 2. The highest BCUT2D eigenvalue weighted by Gasteiger charge is 2.19. The molecule has 0 saturated heterocycles. The minimum absolute atomic E-state index is 0.206. The van der Waals surface area contributed by atoms with Gasteiger partial charge in [0.05, 0.1) is 6.04 Å². The Morgan fingerprint density at radius 2 is 2.12 bits per heavy atom. The van der Waals surface area contributed by atoms with Gasteiger partial charge in [-0.15, -0.1) is 0 Å². The van der Waals surface area contributed by atoms with Crippen molar-refractivity contribution in [3.8, 4) is 0 Å². The van der Waals surface area contributed by atoms with Gasteiger partial charge in [-0.05, 0) is 25.1 Å². The van der Waals surface area contributed by atoms with E-state index in [1.54, 1.807) is 7.05 Å². The van der Waals surface area contributed by atoms with Crippen molar-refractivity contribution in [3.63, 3.8) is 0 Å². The van der Waals surface area contributed by atoms with Gasteiger partial charge in [-0.3, -0.25) is 4.79 Å². The summed E-state index contributed by atoms with van der Waals surface area (Å²) >= 11 is 6.08. The summed E-state index contributed by atoms with van der Waals surface area (Å²) in [6.07, 6.45) is 2.57. The zero-order chi connectivity index (χ0) is 12.0. The van der Waals surface area contributed by atoms with Gasteiger partial charge in [0.25, 0.3) is 0 Å². The molecule has 0 radical (unpaired) electrons. The van der Waals surface area contributed by atoms with E-state index in [0.29, 0.717) is 11.4 Å². The van der Waals surface area contributed by atoms with E-state index in [2.05, 4.69) is 12.2 Å². The number of rotatable bonds is 6. The van der Waals surface area contributed by atoms with Gasteiger partial charge in [0.15, 0.2) is 5.78 Å². The Morgan fingerprint density at radius 3 is 2.69 bits per heavy atom. The van der Waals surface area contributed by atoms with Crippen LogP contribution >= 0.6 is 11.6 Å². The number of hydrogen-bond donors (Lipinski definition) is 1. The van der Waals surface area contributed by atoms with E-state index in [4.69, 9.17) is 11.6 Å². The lowest BCUT2D eigenvalue weighted by Crippen LogP contribution is -2.25. The highest BCUT2D eigenvalue weighted by atomic mass is 35.5. The Balaban J connectivity index is 2.82. The SMILES string of the molecule is CCCCC(=O)C(NC)c1ccccc1Cl. The minimum atomic E-state index is -0.278. The molecule has 0 bridgehead atoms. The Morgan fingerprint density at radius 1 is 1.44 bits per heavy atom. The maximum absolute atomic E-state index is 12.0. The van der Waals surface area contributed by atoms with Crippen LogP contribution in [0.5, 0.6) is 0 Å². The highest BCUT2D eigenvalue weighted by molar-refractivity contribution is 6.31. The third kappa shape index (κ3) is 3.32. The average molecular weight is 240 g/mol. The fourth-order valence-electron chi connectivity index (χ4n) is 1.69. The molecule has 1 unspecified atom stereocenters. The molecule has 1 rings (SSSR count). The predicted octanol–water partition coefficient (Wildman–Crippen LogP) is 3.36. The number of unbranched alkanes of at least 4 members (excludes halogenated alkanes) is 1. The van der Waals surface area contributed by atoms with Crippen molar-refractivity contribution in [3.05, 3.63) is 34.9 Å². The Bertz CT molecular complexity index is 352. The number of benzene rings is 1. The molecule has 0 aromatic heterocycles. The number of carbonyl (C=O) groups is 1. The van der Waals surface area contributed by atoms with Crippen molar-refractivity contribution in [2.45, 2.75) is 32.2 Å². The monoisotopic (exact) mass is 239 g/mol. The zero-order valence-electron chi connectivity index (χ0n) is 9.79. The average Bonchev–Trinajstić information content (AvgIpc) is 2.30. The van der Waals surface area contributed by atoms with Gasteiger partial charge in [0, 0.05) is 11.4 Å². The third-order valence-corrected chi connectivity index (χ3v) is 2.95. The number of carbonyl (C=O) groups excluding carboxylic acids is 1. The number of halogens is 1. The van der Waals surface area contributed by atoms with Gasteiger partial charge in [0.2, 0.25) is 0 Å². The fourth-order valence-corrected chi connectivity index (χ4v) is 1.94. The van der Waals surface area contributed by atoms with E-state index < -0.39 is 0 Å². The van der Waals surface area contributed by atoms with E-state index in [9.17, 15) is 4.79 Å². The molecule has 0 saturated carbocycles. The number of nitrogens with one attached hydrogen (secondary N) is 1. The van der Waals surface area contributed by atoms with Crippen LogP contribution < -0.4 is 5.32 Å². The molecule has 0 heterocycles. The van der Waals surface area contributed by atoms with E-state index >= 15 is 0 Å². The molecule has 16 heavy (non-hydrogen) atoms. The Kier molecular flexibility index (Phi) is 5.50. The van der Waals surface area contributed by atoms with E-state index in [1.165, 1.54) is 0 Å². The zero-order valence-corrected chi connectivity index (χ0v) is 10.6. The summed E-state index contributed by atoms with van der Waals surface area (Å²) < 4.78 is 0. The molecule has 1 aromatic rings. The van der Waals surface area contributed by atoms with Gasteiger partial charge in [-0.2, -0.15) is 0 Å². The van der Waals surface area contributed by atoms with E-state index in [1.807, 2.05) is 24.3 Å². The van der Waals surface area contributed by atoms with Crippen LogP contribution in [0.4, 0.5) is 0 Å². The van der Waals surface area contributed by atoms with E-state index in [0.717, 1.165) is 18.4 Å². The molecular weight excluding hydrogens is 222 g/mol. The van der Waals surface area contributed by atoms with Crippen molar-refractivity contribution < 1.29 is 4.79 Å². The fraction of sp³-hybridized carbons (Fsp3) is 0.462. The van der Waals surface area contributed by atoms with Crippen molar-refractivity contribution in [2.75, 3.05) is 7.05 Å². The van der Waals surface area contributed by atoms with Crippen molar-refractivity contribution in [2.24, 2.45) is 0 Å². The van der Waals surface area contributed by atoms with E-state index in [-0.39, 0.29) is 11.8 Å². The quantitative estimate of drug-likeness (QED) is 0.825. The lowest BCUT2D eigenvalue weighted by molar-refractivity contribution is -0.121. The molecule has 1 N–H and O–H groups in total. The standard InChI is InChI=1S/C13H18ClNO/c1-3-4-9-12(16)13(15-2)10-7-5-6-8-11(10)14/h5-8,13,15H,3-4,9H2,1-2H3. The summed E-state index contributed by atoms with van der Waals surface area (Å²) in [5, 5.41) is 3.68. The van der Waals surface area contributed by atoms with Gasteiger partial charge >= 0.3 is 0 Å². The molecule has 0 fully saturated rings. The van der Waals surface area contributed by atoms with Gasteiger partial charge in [-0.1, -0.05) is 43.1 Å². The number of Topliss-reactive ketones (excluding diaryl/α,β-unsaturated/α-hetero) is 1. The molecular formula is C13H18ClNO. The predicted molar refractivity (Wildman–Crippen MR) is 67.8 cm³/mol. The molecule has 0 amide bonds. The van der Waals surface area contributed by atoms with Crippen LogP contribution in [0, 0.1) is 0 Å². The summed E-state index contributed by atoms with van der Waals surface area (Å²) in [6.45, 7) is 2.08. The van der Waals surface area contributed by atoms with Crippen LogP contribution in [0.25, 0.3) is 0 Å². The number of ketones is 1. The first-order valence-corrected chi connectivity index (χ1v) is 6.03. The molecule has 3 heteroatoms. The molecule has 2 nitrogen and oxygen atoms in total. The molecule has 0 aliphatic heterocycles. The summed E-state index contributed by atoms with van der Waals surface area (Å²) in [5.41, 5.74) is 0.868. The summed E-state index contributed by atoms with van der Waals surface area (Å²) in [6, 6.07) is 7.20. The molecule has 0 aliphatic carbocycles. The maximum atomic E-state index is 12.0. The normalized spacial score (nSPS) is 12.4. The van der Waals surface area contributed by atoms with Gasteiger partial charge < -0.3 is 5.32 Å². The van der Waals surface area contributed by atoms with Crippen LogP contribution in [-0.2, 0) is 4.79 Å². The van der Waals surface area contributed by atoms with Crippen LogP contribution in [0.15, 0.2) is 24.3 Å². The summed E-state index contributed by atoms with van der Waals surface area (Å²) in [4.78, 5) is 12.0. The van der Waals surface area contributed by atoms with Crippen molar-refractivity contribution in [1.29, 1.82) is 0 Å². The Labute approximate surface area is 102 Å². The highest BCUT2D eigenvalue weighted by Crippen LogP contribution is 2.24. The molecule has 0 spiro atoms.